The molecule has 1 aliphatic rings. The van der Waals surface area contributed by atoms with Crippen LogP contribution in [0.1, 0.15) is 43.2 Å². The first kappa shape index (κ1) is 11.5. The van der Waals surface area contributed by atoms with E-state index in [0.717, 1.165) is 30.2 Å². The number of fused-ring (bicyclic) bond motifs is 1. The van der Waals surface area contributed by atoms with E-state index in [9.17, 15) is 4.79 Å². The lowest BCUT2D eigenvalue weighted by Gasteiger charge is -2.24. The van der Waals surface area contributed by atoms with E-state index in [4.69, 9.17) is 4.42 Å². The van der Waals surface area contributed by atoms with Crippen molar-refractivity contribution < 1.29 is 9.21 Å². The van der Waals surface area contributed by atoms with Gasteiger partial charge in [-0.2, -0.15) is 0 Å². The van der Waals surface area contributed by atoms with Gasteiger partial charge >= 0.3 is 0 Å². The number of benzene rings is 1. The number of hydrogen-bond donors (Lipinski definition) is 0. The van der Waals surface area contributed by atoms with E-state index >= 15 is 0 Å². The number of ketones is 1. The molecule has 0 amide bonds. The third kappa shape index (κ3) is 2.07. The number of carbonyl (C=O) groups excluding carboxylic acids is 1. The van der Waals surface area contributed by atoms with Crippen molar-refractivity contribution in [3.8, 4) is 0 Å². The Morgan fingerprint density at radius 3 is 2.89 bits per heavy atom. The van der Waals surface area contributed by atoms with Crippen LogP contribution in [0.3, 0.4) is 0 Å². The van der Waals surface area contributed by atoms with Crippen LogP contribution in [0, 0.1) is 11.8 Å². The molecule has 2 heteroatoms. The van der Waals surface area contributed by atoms with Crippen LogP contribution >= 0.6 is 0 Å². The topological polar surface area (TPSA) is 30.2 Å². The summed E-state index contributed by atoms with van der Waals surface area (Å²) in [6.45, 7) is 2.23. The molecule has 0 N–H and O–H groups in total. The van der Waals surface area contributed by atoms with Crippen molar-refractivity contribution in [2.45, 2.75) is 32.6 Å². The normalized spacial score (nSPS) is 24.3. The maximum Gasteiger partial charge on any atom is 0.201 e. The fraction of sp³-hybridized carbons (Fsp3) is 0.438. The van der Waals surface area contributed by atoms with E-state index in [2.05, 4.69) is 6.92 Å². The molecule has 1 fully saturated rings. The van der Waals surface area contributed by atoms with Crippen molar-refractivity contribution in [1.29, 1.82) is 0 Å². The SMILES string of the molecule is CC1CCCC(C(=O)c2cc3ccccc3o2)C1. The van der Waals surface area contributed by atoms with Crippen molar-refractivity contribution in [2.75, 3.05) is 0 Å². The second-order valence-corrected chi connectivity index (χ2v) is 5.48. The van der Waals surface area contributed by atoms with E-state index in [1.807, 2.05) is 30.3 Å². The van der Waals surface area contributed by atoms with Gasteiger partial charge in [0.25, 0.3) is 0 Å². The van der Waals surface area contributed by atoms with Crippen molar-refractivity contribution in [1.82, 2.24) is 0 Å². The van der Waals surface area contributed by atoms with Gasteiger partial charge < -0.3 is 4.42 Å². The molecule has 0 radical (unpaired) electrons. The Morgan fingerprint density at radius 1 is 1.28 bits per heavy atom. The first-order valence-corrected chi connectivity index (χ1v) is 6.77. The summed E-state index contributed by atoms with van der Waals surface area (Å²) < 4.78 is 5.67. The predicted octanol–water partition coefficient (Wildman–Crippen LogP) is 4.44. The molecule has 2 atom stereocenters. The zero-order valence-electron chi connectivity index (χ0n) is 10.7. The van der Waals surface area contributed by atoms with Gasteiger partial charge in [-0.05, 0) is 30.9 Å². The number of Topliss-reactive ketones (excluding diaryl/α,β-unsaturated/α-hetero) is 1. The molecule has 2 nitrogen and oxygen atoms in total. The molecular formula is C16H18O2. The van der Waals surface area contributed by atoms with Crippen LogP contribution < -0.4 is 0 Å². The molecule has 0 spiro atoms. The average Bonchev–Trinajstić information content (AvgIpc) is 2.81. The van der Waals surface area contributed by atoms with Gasteiger partial charge in [0.15, 0.2) is 5.76 Å². The minimum atomic E-state index is 0.161. The molecule has 1 aromatic carbocycles. The number of furan rings is 1. The van der Waals surface area contributed by atoms with E-state index in [1.54, 1.807) is 0 Å². The molecule has 94 valence electrons. The highest BCUT2D eigenvalue weighted by molar-refractivity contribution is 5.99. The van der Waals surface area contributed by atoms with Crippen LogP contribution in [0.5, 0.6) is 0 Å². The highest BCUT2D eigenvalue weighted by atomic mass is 16.3. The van der Waals surface area contributed by atoms with Gasteiger partial charge in [-0.1, -0.05) is 38.0 Å². The van der Waals surface area contributed by atoms with Gasteiger partial charge in [0.2, 0.25) is 5.78 Å². The van der Waals surface area contributed by atoms with E-state index in [1.165, 1.54) is 6.42 Å². The summed E-state index contributed by atoms with van der Waals surface area (Å²) in [5.74, 6) is 1.56. The Balaban J connectivity index is 1.87. The quantitative estimate of drug-likeness (QED) is 0.729. The van der Waals surface area contributed by atoms with Crippen molar-refractivity contribution in [2.24, 2.45) is 11.8 Å². The first-order chi connectivity index (χ1) is 8.74. The summed E-state index contributed by atoms with van der Waals surface area (Å²) >= 11 is 0. The second-order valence-electron chi connectivity index (χ2n) is 5.48. The zero-order valence-corrected chi connectivity index (χ0v) is 10.7. The summed E-state index contributed by atoms with van der Waals surface area (Å²) in [6.07, 6.45) is 4.44. The van der Waals surface area contributed by atoms with Gasteiger partial charge in [0.1, 0.15) is 5.58 Å². The molecule has 1 aliphatic carbocycles. The fourth-order valence-electron chi connectivity index (χ4n) is 2.98. The Kier molecular flexibility index (Phi) is 2.94. The number of para-hydroxylation sites is 1. The molecule has 18 heavy (non-hydrogen) atoms. The number of hydrogen-bond acceptors (Lipinski definition) is 2. The Morgan fingerprint density at radius 2 is 2.11 bits per heavy atom. The molecule has 2 unspecified atom stereocenters. The van der Waals surface area contributed by atoms with Gasteiger partial charge in [-0.15, -0.1) is 0 Å². The standard InChI is InChI=1S/C16H18O2/c1-11-5-4-7-13(9-11)16(17)15-10-12-6-2-3-8-14(12)18-15/h2-3,6,8,10-11,13H,4-5,7,9H2,1H3. The molecule has 3 rings (SSSR count). The third-order valence-electron chi connectivity index (χ3n) is 3.98. The molecule has 1 saturated carbocycles. The van der Waals surface area contributed by atoms with E-state index < -0.39 is 0 Å². The predicted molar refractivity (Wildman–Crippen MR) is 71.7 cm³/mol. The molecule has 1 aromatic heterocycles. The summed E-state index contributed by atoms with van der Waals surface area (Å²) in [5.41, 5.74) is 0.810. The Hall–Kier alpha value is -1.57. The smallest absolute Gasteiger partial charge is 0.201 e. The lowest BCUT2D eigenvalue weighted by molar-refractivity contribution is 0.0841. The molecule has 0 saturated heterocycles. The minimum Gasteiger partial charge on any atom is -0.453 e. The van der Waals surface area contributed by atoms with Gasteiger partial charge in [-0.25, -0.2) is 0 Å². The van der Waals surface area contributed by atoms with Crippen LogP contribution in [0.25, 0.3) is 11.0 Å². The van der Waals surface area contributed by atoms with Crippen molar-refractivity contribution >= 4 is 16.8 Å². The maximum absolute atomic E-state index is 12.4. The van der Waals surface area contributed by atoms with Crippen molar-refractivity contribution in [3.63, 3.8) is 0 Å². The summed E-state index contributed by atoms with van der Waals surface area (Å²) in [7, 11) is 0. The van der Waals surface area contributed by atoms with Crippen LogP contribution in [-0.2, 0) is 0 Å². The summed E-state index contributed by atoms with van der Waals surface area (Å²) in [6, 6.07) is 9.68. The second kappa shape index (κ2) is 4.60. The van der Waals surface area contributed by atoms with Gasteiger partial charge in [-0.3, -0.25) is 4.79 Å². The molecule has 2 aromatic rings. The molecular weight excluding hydrogens is 224 g/mol. The third-order valence-corrected chi connectivity index (χ3v) is 3.98. The minimum absolute atomic E-state index is 0.161. The lowest BCUT2D eigenvalue weighted by atomic mass is 9.80. The highest BCUT2D eigenvalue weighted by Gasteiger charge is 2.27. The maximum atomic E-state index is 12.4. The van der Waals surface area contributed by atoms with Crippen molar-refractivity contribution in [3.05, 3.63) is 36.1 Å². The van der Waals surface area contributed by atoms with E-state index in [0.29, 0.717) is 11.7 Å². The Labute approximate surface area is 107 Å². The van der Waals surface area contributed by atoms with Crippen LogP contribution in [-0.4, -0.2) is 5.78 Å². The van der Waals surface area contributed by atoms with Gasteiger partial charge in [0.05, 0.1) is 0 Å². The highest BCUT2D eigenvalue weighted by Crippen LogP contribution is 2.32. The van der Waals surface area contributed by atoms with Crippen LogP contribution in [0.2, 0.25) is 0 Å². The van der Waals surface area contributed by atoms with Gasteiger partial charge in [0, 0.05) is 11.3 Å². The molecule has 0 bridgehead atoms. The first-order valence-electron chi connectivity index (χ1n) is 6.77. The fourth-order valence-corrected chi connectivity index (χ4v) is 2.98. The van der Waals surface area contributed by atoms with Crippen LogP contribution in [0.15, 0.2) is 34.7 Å². The lowest BCUT2D eigenvalue weighted by Crippen LogP contribution is -2.21. The largest absolute Gasteiger partial charge is 0.453 e. The molecule has 0 aliphatic heterocycles. The van der Waals surface area contributed by atoms with E-state index in [-0.39, 0.29) is 11.7 Å². The number of carbonyl (C=O) groups is 1. The number of rotatable bonds is 2. The van der Waals surface area contributed by atoms with Crippen LogP contribution in [0.4, 0.5) is 0 Å². The monoisotopic (exact) mass is 242 g/mol. The summed E-state index contributed by atoms with van der Waals surface area (Å²) in [4.78, 5) is 12.4. The summed E-state index contributed by atoms with van der Waals surface area (Å²) in [5, 5.41) is 1.02. The average molecular weight is 242 g/mol. The zero-order chi connectivity index (χ0) is 12.5. The Bertz CT molecular complexity index is 534. The molecule has 1 heterocycles.